The summed E-state index contributed by atoms with van der Waals surface area (Å²) in [5.74, 6) is -0.567. The van der Waals surface area contributed by atoms with Crippen LogP contribution in [0.15, 0.2) is 0 Å². The Morgan fingerprint density at radius 1 is 1.75 bits per heavy atom. The van der Waals surface area contributed by atoms with Gasteiger partial charge in [-0.15, -0.1) is 0 Å². The van der Waals surface area contributed by atoms with Crippen LogP contribution >= 0.6 is 0 Å². The molecule has 0 saturated carbocycles. The molecule has 0 saturated heterocycles. The molecule has 0 aliphatic heterocycles. The molecule has 0 amide bonds. The van der Waals surface area contributed by atoms with Crippen LogP contribution in [0, 0.1) is 0 Å². The van der Waals surface area contributed by atoms with Crippen molar-refractivity contribution < 1.29 is 14.6 Å². The number of hydrogen-bond acceptors (Lipinski definition) is 3. The van der Waals surface area contributed by atoms with E-state index in [0.29, 0.717) is 6.61 Å². The molecule has 0 aliphatic carbocycles. The normalized spacial score (nSPS) is 7.25. The second-order valence-corrected chi connectivity index (χ2v) is 0.963. The minimum absolute atomic E-state index is 0. The summed E-state index contributed by atoms with van der Waals surface area (Å²) in [6.45, 7) is 1.50. The zero-order valence-corrected chi connectivity index (χ0v) is 9.33. The van der Waals surface area contributed by atoms with Gasteiger partial charge in [-0.3, -0.25) is 0 Å². The van der Waals surface area contributed by atoms with Crippen LogP contribution in [0.1, 0.15) is 6.92 Å². The Labute approximate surface area is 88.5 Å². The van der Waals surface area contributed by atoms with Gasteiger partial charge in [-0.2, -0.15) is 0 Å². The smallest absolute Gasteiger partial charge is 0.331 e. The van der Waals surface area contributed by atoms with E-state index in [0.717, 1.165) is 0 Å². The molecule has 0 aromatic carbocycles. The maximum atomic E-state index is 9.94. The largest absolute Gasteiger partial charge is 0.464 e. The first-order valence-electron chi connectivity index (χ1n) is 2.07. The van der Waals surface area contributed by atoms with E-state index in [9.17, 15) is 4.79 Å². The molecular weight excluding hydrogens is 233 g/mol. The Kier molecular flexibility index (Phi) is 11.8. The van der Waals surface area contributed by atoms with E-state index in [2.05, 4.69) is 4.74 Å². The van der Waals surface area contributed by atoms with Gasteiger partial charge in [0, 0.05) is 48.9 Å². The molecule has 0 fully saturated rings. The van der Waals surface area contributed by atoms with Crippen molar-refractivity contribution in [2.24, 2.45) is 0 Å². The summed E-state index contributed by atoms with van der Waals surface area (Å²) < 4.78 is 4.30. The van der Waals surface area contributed by atoms with Gasteiger partial charge in [0.2, 0.25) is 0 Å². The molecule has 4 heteroatoms. The Morgan fingerprint density at radius 3 is 2.38 bits per heavy atom. The first-order chi connectivity index (χ1) is 3.31. The van der Waals surface area contributed by atoms with Gasteiger partial charge in [0.1, 0.15) is 6.61 Å². The molecule has 3 nitrogen and oxygen atoms in total. The fourth-order valence-electron chi connectivity index (χ4n) is 0.207. The standard InChI is InChI=1S/C4H8O3.Ba/c1-2-7-4(6)3-5;/h5H,2-3H2,1H3;. The molecule has 0 bridgehead atoms. The zero-order chi connectivity index (χ0) is 5.70. The van der Waals surface area contributed by atoms with E-state index in [4.69, 9.17) is 5.11 Å². The molecule has 0 aliphatic rings. The number of carbonyl (C=O) groups excluding carboxylic acids is 1. The molecular formula is C4H8BaO3. The summed E-state index contributed by atoms with van der Waals surface area (Å²) in [6, 6.07) is 0. The SMILES string of the molecule is CCOC(=O)CO.[Ba]. The Hall–Kier alpha value is 1.00. The van der Waals surface area contributed by atoms with Crippen LogP contribution in [-0.4, -0.2) is 73.2 Å². The van der Waals surface area contributed by atoms with Crippen molar-refractivity contribution in [1.29, 1.82) is 0 Å². The third-order valence-corrected chi connectivity index (χ3v) is 0.434. The van der Waals surface area contributed by atoms with E-state index in [-0.39, 0.29) is 48.9 Å². The maximum absolute atomic E-state index is 9.94. The molecule has 44 valence electrons. The predicted molar refractivity (Wildman–Crippen MR) is 29.5 cm³/mol. The monoisotopic (exact) mass is 242 g/mol. The molecule has 0 aromatic rings. The predicted octanol–water partition coefficient (Wildman–Crippen LogP) is -0.839. The second-order valence-electron chi connectivity index (χ2n) is 0.963. The van der Waals surface area contributed by atoms with E-state index >= 15 is 0 Å². The molecule has 0 unspecified atom stereocenters. The van der Waals surface area contributed by atoms with Crippen molar-refractivity contribution in [3.8, 4) is 0 Å². The molecule has 0 rings (SSSR count). The number of rotatable bonds is 2. The average molecular weight is 241 g/mol. The third kappa shape index (κ3) is 7.00. The summed E-state index contributed by atoms with van der Waals surface area (Å²) in [6.07, 6.45) is 0. The van der Waals surface area contributed by atoms with Crippen LogP contribution in [0.4, 0.5) is 0 Å². The van der Waals surface area contributed by atoms with Gasteiger partial charge in [-0.05, 0) is 6.92 Å². The fraction of sp³-hybridized carbons (Fsp3) is 0.750. The number of aliphatic hydroxyl groups excluding tert-OH is 1. The van der Waals surface area contributed by atoms with Crippen molar-refractivity contribution in [2.45, 2.75) is 6.92 Å². The summed E-state index contributed by atoms with van der Waals surface area (Å²) in [7, 11) is 0. The van der Waals surface area contributed by atoms with Crippen molar-refractivity contribution in [3.05, 3.63) is 0 Å². The van der Waals surface area contributed by atoms with Crippen LogP contribution in [0.25, 0.3) is 0 Å². The molecule has 0 aromatic heterocycles. The first kappa shape index (κ1) is 11.8. The number of aliphatic hydroxyl groups is 1. The van der Waals surface area contributed by atoms with Crippen molar-refractivity contribution in [2.75, 3.05) is 13.2 Å². The quantitative estimate of drug-likeness (QED) is 0.507. The minimum atomic E-state index is -0.567. The second kappa shape index (κ2) is 8.00. The molecule has 0 atom stereocenters. The van der Waals surface area contributed by atoms with Crippen LogP contribution in [0.5, 0.6) is 0 Å². The van der Waals surface area contributed by atoms with Gasteiger partial charge in [0.15, 0.2) is 0 Å². The Morgan fingerprint density at radius 2 is 2.25 bits per heavy atom. The van der Waals surface area contributed by atoms with Crippen molar-refractivity contribution >= 4 is 54.9 Å². The fourth-order valence-corrected chi connectivity index (χ4v) is 0.207. The Balaban J connectivity index is 0. The van der Waals surface area contributed by atoms with Crippen molar-refractivity contribution in [3.63, 3.8) is 0 Å². The molecule has 1 N–H and O–H groups in total. The van der Waals surface area contributed by atoms with E-state index in [1.165, 1.54) is 0 Å². The summed E-state index contributed by atoms with van der Waals surface area (Å²) in [4.78, 5) is 9.94. The van der Waals surface area contributed by atoms with E-state index in [1.807, 2.05) is 0 Å². The van der Waals surface area contributed by atoms with Gasteiger partial charge in [0.05, 0.1) is 6.61 Å². The molecule has 8 heavy (non-hydrogen) atoms. The van der Waals surface area contributed by atoms with Crippen molar-refractivity contribution in [1.82, 2.24) is 0 Å². The summed E-state index contributed by atoms with van der Waals surface area (Å²) in [5, 5.41) is 7.99. The number of esters is 1. The number of carbonyl (C=O) groups is 1. The van der Waals surface area contributed by atoms with E-state index < -0.39 is 12.6 Å². The summed E-state index contributed by atoms with van der Waals surface area (Å²) >= 11 is 0. The topological polar surface area (TPSA) is 46.5 Å². The van der Waals surface area contributed by atoms with Crippen LogP contribution < -0.4 is 0 Å². The van der Waals surface area contributed by atoms with Crippen LogP contribution in [-0.2, 0) is 9.53 Å². The molecule has 0 heterocycles. The van der Waals surface area contributed by atoms with Gasteiger partial charge in [0.25, 0.3) is 0 Å². The first-order valence-corrected chi connectivity index (χ1v) is 2.07. The molecule has 2 radical (unpaired) electrons. The number of ether oxygens (including phenoxy) is 1. The Bertz CT molecular complexity index is 64.3. The van der Waals surface area contributed by atoms with Gasteiger partial charge >= 0.3 is 5.97 Å². The van der Waals surface area contributed by atoms with Crippen LogP contribution in [0.3, 0.4) is 0 Å². The number of hydrogen-bond donors (Lipinski definition) is 1. The zero-order valence-electron chi connectivity index (χ0n) is 4.89. The van der Waals surface area contributed by atoms with E-state index in [1.54, 1.807) is 6.92 Å². The van der Waals surface area contributed by atoms with Gasteiger partial charge in [-0.25, -0.2) is 4.79 Å². The average Bonchev–Trinajstić information content (AvgIpc) is 1.68. The van der Waals surface area contributed by atoms with Gasteiger partial charge < -0.3 is 9.84 Å². The maximum Gasteiger partial charge on any atom is 0.331 e. The third-order valence-electron chi connectivity index (χ3n) is 0.434. The minimum Gasteiger partial charge on any atom is -0.464 e. The van der Waals surface area contributed by atoms with Crippen LogP contribution in [0.2, 0.25) is 0 Å². The van der Waals surface area contributed by atoms with Gasteiger partial charge in [-0.1, -0.05) is 0 Å². The molecule has 0 spiro atoms. The summed E-state index contributed by atoms with van der Waals surface area (Å²) in [5.41, 5.74) is 0.